The maximum absolute atomic E-state index is 14.2. The number of H-pyrrole nitrogens is 1. The molecule has 0 radical (unpaired) electrons. The SMILES string of the molecule is CC(NCc1cc2ccc(CNC(=O)c3cncc(-n4cccc4)c3)cc2[nH]1)C1CC2(F)CC1C2. The number of fused-ring (bicyclic) bond motifs is 2. The van der Waals surface area contributed by atoms with Gasteiger partial charge in [-0.2, -0.15) is 0 Å². The average Bonchev–Trinajstić information content (AvgIpc) is 3.63. The summed E-state index contributed by atoms with van der Waals surface area (Å²) in [7, 11) is 0. The van der Waals surface area contributed by atoms with Gasteiger partial charge in [0.15, 0.2) is 0 Å². The lowest BCUT2D eigenvalue weighted by Gasteiger charge is -2.31. The van der Waals surface area contributed by atoms with Gasteiger partial charge in [0.05, 0.1) is 17.4 Å². The van der Waals surface area contributed by atoms with Crippen molar-refractivity contribution < 1.29 is 9.18 Å². The molecule has 180 valence electrons. The predicted molar refractivity (Wildman–Crippen MR) is 134 cm³/mol. The molecule has 3 aliphatic rings. The monoisotopic (exact) mass is 471 g/mol. The van der Waals surface area contributed by atoms with Crippen LogP contribution in [0.1, 0.15) is 47.8 Å². The third-order valence-corrected chi connectivity index (χ3v) is 7.80. The summed E-state index contributed by atoms with van der Waals surface area (Å²) in [6.07, 6.45) is 9.38. The second kappa shape index (κ2) is 8.64. The van der Waals surface area contributed by atoms with Crippen LogP contribution < -0.4 is 10.6 Å². The lowest BCUT2D eigenvalue weighted by atomic mass is 9.79. The standard InChI is InChI=1S/C28H30FN5O/c1-18(25-13-28(29)11-22(25)12-28)31-16-23-9-20-5-4-19(8-26(20)33-23)14-32-27(35)21-10-24(17-30-15-21)34-6-2-3-7-34/h2-10,15,17-18,22,25,31,33H,11-14,16H2,1H3,(H,32,35). The van der Waals surface area contributed by atoms with Crippen LogP contribution in [0, 0.1) is 11.8 Å². The van der Waals surface area contributed by atoms with E-state index in [1.807, 2.05) is 41.2 Å². The number of hydrogen-bond donors (Lipinski definition) is 3. The van der Waals surface area contributed by atoms with Crippen LogP contribution in [0.15, 0.2) is 67.3 Å². The first-order chi connectivity index (χ1) is 17.0. The van der Waals surface area contributed by atoms with Gasteiger partial charge >= 0.3 is 0 Å². The molecule has 2 atom stereocenters. The minimum Gasteiger partial charge on any atom is -0.357 e. The Bertz CT molecular complexity index is 1350. The number of nitrogens with one attached hydrogen (secondary N) is 3. The third-order valence-electron chi connectivity index (χ3n) is 7.80. The van der Waals surface area contributed by atoms with E-state index in [0.29, 0.717) is 36.4 Å². The van der Waals surface area contributed by atoms with Crippen molar-refractivity contribution in [3.8, 4) is 5.69 Å². The molecule has 4 aromatic rings. The first kappa shape index (κ1) is 22.0. The molecule has 0 saturated heterocycles. The molecule has 3 saturated carbocycles. The van der Waals surface area contributed by atoms with E-state index >= 15 is 0 Å². The van der Waals surface area contributed by atoms with Crippen LogP contribution >= 0.6 is 0 Å². The fraction of sp³-hybridized carbons (Fsp3) is 0.357. The van der Waals surface area contributed by atoms with Gasteiger partial charge in [0, 0.05) is 48.9 Å². The number of pyridine rings is 1. The van der Waals surface area contributed by atoms with Gasteiger partial charge in [0.1, 0.15) is 5.67 Å². The fourth-order valence-corrected chi connectivity index (χ4v) is 5.87. The fourth-order valence-electron chi connectivity index (χ4n) is 5.87. The van der Waals surface area contributed by atoms with Crippen molar-refractivity contribution in [2.45, 2.75) is 51.0 Å². The number of benzene rings is 1. The van der Waals surface area contributed by atoms with E-state index in [4.69, 9.17) is 0 Å². The summed E-state index contributed by atoms with van der Waals surface area (Å²) in [5, 5.41) is 7.74. The summed E-state index contributed by atoms with van der Waals surface area (Å²) < 4.78 is 16.2. The third kappa shape index (κ3) is 4.36. The lowest BCUT2D eigenvalue weighted by molar-refractivity contribution is 0.0728. The molecule has 0 aliphatic heterocycles. The molecule has 3 aromatic heterocycles. The van der Waals surface area contributed by atoms with Gasteiger partial charge in [-0.05, 0) is 79.3 Å². The van der Waals surface area contributed by atoms with Gasteiger partial charge in [-0.25, -0.2) is 4.39 Å². The van der Waals surface area contributed by atoms with Crippen molar-refractivity contribution in [2.75, 3.05) is 0 Å². The highest BCUT2D eigenvalue weighted by Crippen LogP contribution is 2.58. The molecule has 2 bridgehead atoms. The van der Waals surface area contributed by atoms with E-state index in [1.54, 1.807) is 12.4 Å². The van der Waals surface area contributed by atoms with Gasteiger partial charge in [-0.3, -0.25) is 9.78 Å². The van der Waals surface area contributed by atoms with E-state index in [9.17, 15) is 9.18 Å². The number of halogens is 1. The largest absolute Gasteiger partial charge is 0.357 e. The highest BCUT2D eigenvalue weighted by atomic mass is 19.1. The maximum Gasteiger partial charge on any atom is 0.253 e. The van der Waals surface area contributed by atoms with Crippen molar-refractivity contribution >= 4 is 16.8 Å². The Morgan fingerprint density at radius 3 is 2.77 bits per heavy atom. The van der Waals surface area contributed by atoms with Crippen LogP contribution in [0.25, 0.3) is 16.6 Å². The second-order valence-corrected chi connectivity index (χ2v) is 10.3. The Kier molecular flexibility index (Phi) is 5.44. The topological polar surface area (TPSA) is 74.7 Å². The number of carbonyl (C=O) groups is 1. The summed E-state index contributed by atoms with van der Waals surface area (Å²) in [6, 6.07) is 14.4. The highest BCUT2D eigenvalue weighted by molar-refractivity contribution is 5.94. The molecule has 3 aliphatic carbocycles. The molecule has 1 amide bonds. The van der Waals surface area contributed by atoms with Gasteiger partial charge in [0.25, 0.3) is 5.91 Å². The predicted octanol–water partition coefficient (Wildman–Crippen LogP) is 4.90. The molecule has 0 spiro atoms. The maximum atomic E-state index is 14.2. The molecule has 7 rings (SSSR count). The van der Waals surface area contributed by atoms with Crippen LogP contribution in [-0.4, -0.2) is 32.2 Å². The minimum absolute atomic E-state index is 0.156. The Balaban J connectivity index is 1.06. The summed E-state index contributed by atoms with van der Waals surface area (Å²) >= 11 is 0. The Morgan fingerprint density at radius 1 is 1.17 bits per heavy atom. The molecule has 7 heteroatoms. The van der Waals surface area contributed by atoms with Crippen LogP contribution in [-0.2, 0) is 13.1 Å². The van der Waals surface area contributed by atoms with Crippen molar-refractivity contribution in [3.63, 3.8) is 0 Å². The molecule has 6 nitrogen and oxygen atoms in total. The average molecular weight is 472 g/mol. The number of hydrogen-bond acceptors (Lipinski definition) is 3. The Hall–Kier alpha value is -3.45. The lowest BCUT2D eigenvalue weighted by Crippen LogP contribution is -2.35. The van der Waals surface area contributed by atoms with Crippen molar-refractivity contribution in [3.05, 3.63) is 84.1 Å². The zero-order valence-corrected chi connectivity index (χ0v) is 19.8. The van der Waals surface area contributed by atoms with Gasteiger partial charge in [-0.15, -0.1) is 0 Å². The first-order valence-corrected chi connectivity index (χ1v) is 12.4. The smallest absolute Gasteiger partial charge is 0.253 e. The van der Waals surface area contributed by atoms with Gasteiger partial charge < -0.3 is 20.2 Å². The molecule has 2 unspecified atom stereocenters. The van der Waals surface area contributed by atoms with E-state index < -0.39 is 5.67 Å². The molecule has 3 fully saturated rings. The summed E-state index contributed by atoms with van der Waals surface area (Å²) in [6.45, 7) is 3.34. The molecular formula is C28H30FN5O. The van der Waals surface area contributed by atoms with Crippen molar-refractivity contribution in [1.29, 1.82) is 0 Å². The Morgan fingerprint density at radius 2 is 2.00 bits per heavy atom. The number of amides is 1. The minimum atomic E-state index is -0.875. The first-order valence-electron chi connectivity index (χ1n) is 12.4. The van der Waals surface area contributed by atoms with E-state index in [1.165, 1.54) is 0 Å². The van der Waals surface area contributed by atoms with Gasteiger partial charge in [-0.1, -0.05) is 12.1 Å². The summed E-state index contributed by atoms with van der Waals surface area (Å²) in [5.74, 6) is 0.839. The number of rotatable bonds is 8. The Labute approximate surface area is 204 Å². The highest BCUT2D eigenvalue weighted by Gasteiger charge is 2.57. The zero-order chi connectivity index (χ0) is 24.0. The summed E-state index contributed by atoms with van der Waals surface area (Å²) in [4.78, 5) is 20.4. The van der Waals surface area contributed by atoms with Crippen molar-refractivity contribution in [2.24, 2.45) is 11.8 Å². The van der Waals surface area contributed by atoms with E-state index in [2.05, 4.69) is 45.7 Å². The van der Waals surface area contributed by atoms with Crippen LogP contribution in [0.4, 0.5) is 4.39 Å². The van der Waals surface area contributed by atoms with E-state index in [0.717, 1.165) is 47.2 Å². The zero-order valence-electron chi connectivity index (χ0n) is 19.8. The molecule has 35 heavy (non-hydrogen) atoms. The van der Waals surface area contributed by atoms with Crippen LogP contribution in [0.5, 0.6) is 0 Å². The van der Waals surface area contributed by atoms with Crippen LogP contribution in [0.2, 0.25) is 0 Å². The molecule has 1 aromatic carbocycles. The number of aromatic amines is 1. The van der Waals surface area contributed by atoms with E-state index in [-0.39, 0.29) is 5.91 Å². The number of alkyl halides is 1. The second-order valence-electron chi connectivity index (χ2n) is 10.3. The van der Waals surface area contributed by atoms with Gasteiger partial charge in [0.2, 0.25) is 0 Å². The number of aromatic nitrogens is 3. The molecule has 3 heterocycles. The normalized spacial score (nSPS) is 23.8. The molecular weight excluding hydrogens is 441 g/mol. The van der Waals surface area contributed by atoms with Crippen LogP contribution in [0.3, 0.4) is 0 Å². The number of carbonyl (C=O) groups excluding carboxylic acids is 1. The van der Waals surface area contributed by atoms with Crippen molar-refractivity contribution in [1.82, 2.24) is 25.2 Å². The quantitative estimate of drug-likeness (QED) is 0.342. The summed E-state index contributed by atoms with van der Waals surface area (Å²) in [5.41, 5.74) is 3.68. The number of nitrogens with zero attached hydrogens (tertiary/aromatic N) is 2. The molecule has 3 N–H and O–H groups in total.